The number of fused-ring (bicyclic) bond motifs is 1. The van der Waals surface area contributed by atoms with Crippen molar-refractivity contribution in [3.63, 3.8) is 0 Å². The van der Waals surface area contributed by atoms with Crippen LogP contribution in [-0.4, -0.2) is 21.2 Å². The van der Waals surface area contributed by atoms with Gasteiger partial charge in [0.25, 0.3) is 0 Å². The maximum Gasteiger partial charge on any atom is 0.160 e. The molecule has 82 valence electrons. The highest BCUT2D eigenvalue weighted by molar-refractivity contribution is 7.17. The molecular formula is C12H7N3OS. The standard InChI is InChI=1S/C12H7N3OS/c16-7-8-4-14-12(15-5-8)9-3-11-10(13-6-9)1-2-17-11/h1-7H. The van der Waals surface area contributed by atoms with Crippen LogP contribution in [0.1, 0.15) is 10.4 Å². The molecule has 0 unspecified atom stereocenters. The van der Waals surface area contributed by atoms with Gasteiger partial charge in [-0.2, -0.15) is 0 Å². The number of aldehydes is 1. The van der Waals surface area contributed by atoms with E-state index in [9.17, 15) is 4.79 Å². The lowest BCUT2D eigenvalue weighted by Crippen LogP contribution is -1.91. The van der Waals surface area contributed by atoms with Crippen LogP contribution in [0.2, 0.25) is 0 Å². The minimum atomic E-state index is 0.471. The van der Waals surface area contributed by atoms with Gasteiger partial charge in [-0.1, -0.05) is 0 Å². The number of hydrogen-bond acceptors (Lipinski definition) is 5. The quantitative estimate of drug-likeness (QED) is 0.647. The Balaban J connectivity index is 2.09. The van der Waals surface area contributed by atoms with E-state index in [0.717, 1.165) is 22.1 Å². The van der Waals surface area contributed by atoms with Gasteiger partial charge in [0.15, 0.2) is 12.1 Å². The minimum absolute atomic E-state index is 0.471. The Kier molecular flexibility index (Phi) is 2.38. The van der Waals surface area contributed by atoms with E-state index < -0.39 is 0 Å². The van der Waals surface area contributed by atoms with Crippen molar-refractivity contribution in [2.24, 2.45) is 0 Å². The summed E-state index contributed by atoms with van der Waals surface area (Å²) in [4.78, 5) is 23.1. The molecule has 0 saturated heterocycles. The van der Waals surface area contributed by atoms with Gasteiger partial charge in [0, 0.05) is 24.2 Å². The lowest BCUT2D eigenvalue weighted by Gasteiger charge is -1.99. The maximum absolute atomic E-state index is 10.5. The second-order valence-electron chi connectivity index (χ2n) is 3.49. The summed E-state index contributed by atoms with van der Waals surface area (Å²) in [5.41, 5.74) is 2.31. The topological polar surface area (TPSA) is 55.7 Å². The summed E-state index contributed by atoms with van der Waals surface area (Å²) in [7, 11) is 0. The van der Waals surface area contributed by atoms with Crippen molar-refractivity contribution in [1.29, 1.82) is 0 Å². The van der Waals surface area contributed by atoms with Gasteiger partial charge in [-0.05, 0) is 17.5 Å². The zero-order valence-electron chi connectivity index (χ0n) is 8.70. The van der Waals surface area contributed by atoms with Crippen molar-refractivity contribution in [3.8, 4) is 11.4 Å². The normalized spacial score (nSPS) is 10.6. The van der Waals surface area contributed by atoms with Crippen molar-refractivity contribution >= 4 is 27.8 Å². The largest absolute Gasteiger partial charge is 0.298 e. The summed E-state index contributed by atoms with van der Waals surface area (Å²) in [5, 5.41) is 2.00. The van der Waals surface area contributed by atoms with Crippen LogP contribution < -0.4 is 0 Å². The summed E-state index contributed by atoms with van der Waals surface area (Å²) < 4.78 is 1.10. The second kappa shape index (κ2) is 4.03. The third-order valence-corrected chi connectivity index (χ3v) is 3.22. The molecule has 0 N–H and O–H groups in total. The monoisotopic (exact) mass is 241 g/mol. The molecule has 3 heterocycles. The Labute approximate surface area is 101 Å². The Morgan fingerprint density at radius 2 is 1.94 bits per heavy atom. The summed E-state index contributed by atoms with van der Waals surface area (Å²) in [6, 6.07) is 3.98. The fraction of sp³-hybridized carbons (Fsp3) is 0. The minimum Gasteiger partial charge on any atom is -0.298 e. The Hall–Kier alpha value is -2.14. The molecule has 3 aromatic heterocycles. The first-order valence-electron chi connectivity index (χ1n) is 4.98. The number of nitrogens with zero attached hydrogens (tertiary/aromatic N) is 3. The number of thiophene rings is 1. The van der Waals surface area contributed by atoms with E-state index in [4.69, 9.17) is 0 Å². The van der Waals surface area contributed by atoms with Crippen LogP contribution >= 0.6 is 11.3 Å². The number of pyridine rings is 1. The summed E-state index contributed by atoms with van der Waals surface area (Å²) in [6.45, 7) is 0. The molecule has 0 atom stereocenters. The molecule has 0 aromatic carbocycles. The van der Waals surface area contributed by atoms with Gasteiger partial charge in [-0.3, -0.25) is 9.78 Å². The van der Waals surface area contributed by atoms with Gasteiger partial charge >= 0.3 is 0 Å². The molecule has 3 aromatic rings. The highest BCUT2D eigenvalue weighted by Gasteiger charge is 2.04. The lowest BCUT2D eigenvalue weighted by atomic mass is 10.2. The Morgan fingerprint density at radius 3 is 2.71 bits per heavy atom. The first kappa shape index (κ1) is 10.0. The van der Waals surface area contributed by atoms with Crippen molar-refractivity contribution in [2.75, 3.05) is 0 Å². The van der Waals surface area contributed by atoms with Gasteiger partial charge < -0.3 is 0 Å². The Bertz CT molecular complexity index is 676. The number of rotatable bonds is 2. The molecule has 3 rings (SSSR count). The highest BCUT2D eigenvalue weighted by Crippen LogP contribution is 2.23. The first-order valence-corrected chi connectivity index (χ1v) is 5.85. The molecule has 0 bridgehead atoms. The molecule has 0 aliphatic rings. The van der Waals surface area contributed by atoms with Gasteiger partial charge in [0.05, 0.1) is 15.8 Å². The van der Waals surface area contributed by atoms with E-state index in [1.165, 1.54) is 12.4 Å². The van der Waals surface area contributed by atoms with Crippen LogP contribution in [0, 0.1) is 0 Å². The van der Waals surface area contributed by atoms with Crippen LogP contribution in [-0.2, 0) is 0 Å². The third kappa shape index (κ3) is 1.81. The van der Waals surface area contributed by atoms with Crippen LogP contribution in [0.15, 0.2) is 36.1 Å². The highest BCUT2D eigenvalue weighted by atomic mass is 32.1. The summed E-state index contributed by atoms with van der Waals surface area (Å²) in [6.07, 6.45) is 5.48. The fourth-order valence-corrected chi connectivity index (χ4v) is 2.30. The zero-order chi connectivity index (χ0) is 11.7. The summed E-state index contributed by atoms with van der Waals surface area (Å²) in [5.74, 6) is 0.582. The summed E-state index contributed by atoms with van der Waals surface area (Å²) >= 11 is 1.63. The predicted molar refractivity (Wildman–Crippen MR) is 66.0 cm³/mol. The maximum atomic E-state index is 10.5. The van der Waals surface area contributed by atoms with E-state index in [0.29, 0.717) is 11.4 Å². The van der Waals surface area contributed by atoms with Crippen LogP contribution in [0.4, 0.5) is 0 Å². The molecule has 0 amide bonds. The molecule has 0 aliphatic carbocycles. The van der Waals surface area contributed by atoms with Gasteiger partial charge in [-0.15, -0.1) is 11.3 Å². The molecule has 4 nitrogen and oxygen atoms in total. The van der Waals surface area contributed by atoms with E-state index in [-0.39, 0.29) is 0 Å². The van der Waals surface area contributed by atoms with Crippen molar-refractivity contribution in [3.05, 3.63) is 41.7 Å². The van der Waals surface area contributed by atoms with Crippen LogP contribution in [0.3, 0.4) is 0 Å². The fourth-order valence-electron chi connectivity index (χ4n) is 1.52. The molecule has 5 heteroatoms. The van der Waals surface area contributed by atoms with Crippen molar-refractivity contribution < 1.29 is 4.79 Å². The third-order valence-electron chi connectivity index (χ3n) is 2.37. The van der Waals surface area contributed by atoms with E-state index >= 15 is 0 Å². The number of hydrogen-bond donors (Lipinski definition) is 0. The molecule has 17 heavy (non-hydrogen) atoms. The zero-order valence-corrected chi connectivity index (χ0v) is 9.52. The predicted octanol–water partition coefficient (Wildman–Crippen LogP) is 2.57. The van der Waals surface area contributed by atoms with E-state index in [1.54, 1.807) is 17.5 Å². The molecular weight excluding hydrogens is 234 g/mol. The van der Waals surface area contributed by atoms with Crippen molar-refractivity contribution in [2.45, 2.75) is 0 Å². The lowest BCUT2D eigenvalue weighted by molar-refractivity contribution is 0.112. The van der Waals surface area contributed by atoms with E-state index in [2.05, 4.69) is 15.0 Å². The molecule has 0 saturated carbocycles. The number of carbonyl (C=O) groups excluding carboxylic acids is 1. The van der Waals surface area contributed by atoms with Gasteiger partial charge in [-0.25, -0.2) is 9.97 Å². The number of carbonyl (C=O) groups is 1. The SMILES string of the molecule is O=Cc1cnc(-c2cnc3ccsc3c2)nc1. The smallest absolute Gasteiger partial charge is 0.160 e. The van der Waals surface area contributed by atoms with Crippen molar-refractivity contribution in [1.82, 2.24) is 15.0 Å². The average molecular weight is 241 g/mol. The van der Waals surface area contributed by atoms with E-state index in [1.807, 2.05) is 17.5 Å². The van der Waals surface area contributed by atoms with Crippen LogP contribution in [0.5, 0.6) is 0 Å². The molecule has 0 radical (unpaired) electrons. The molecule has 0 fully saturated rings. The second-order valence-corrected chi connectivity index (χ2v) is 4.43. The Morgan fingerprint density at radius 1 is 1.12 bits per heavy atom. The number of aromatic nitrogens is 3. The van der Waals surface area contributed by atoms with Gasteiger partial charge in [0.2, 0.25) is 0 Å². The molecule has 0 spiro atoms. The molecule has 0 aliphatic heterocycles. The average Bonchev–Trinajstić information content (AvgIpc) is 2.86. The first-order chi connectivity index (χ1) is 8.36. The van der Waals surface area contributed by atoms with Crippen LogP contribution in [0.25, 0.3) is 21.6 Å². The van der Waals surface area contributed by atoms with Gasteiger partial charge in [0.1, 0.15) is 0 Å².